The number of nitrogens with zero attached hydrogens (tertiary/aromatic N) is 3. The number of benzene rings is 2. The van der Waals surface area contributed by atoms with Gasteiger partial charge in [-0.25, -0.2) is 8.42 Å². The molecule has 0 aliphatic heterocycles. The summed E-state index contributed by atoms with van der Waals surface area (Å²) < 4.78 is 32.8. The Labute approximate surface area is 187 Å². The van der Waals surface area contributed by atoms with Crippen molar-refractivity contribution in [2.24, 2.45) is 0 Å². The number of rotatable bonds is 7. The first-order valence-corrected chi connectivity index (χ1v) is 12.1. The molecule has 0 atom stereocenters. The number of carbonyl (C=O) groups is 1. The molecule has 168 valence electrons. The van der Waals surface area contributed by atoms with Gasteiger partial charge in [-0.2, -0.15) is 4.98 Å². The Hall–Kier alpha value is -3.20. The Bertz CT molecular complexity index is 1180. The molecule has 9 heteroatoms. The Morgan fingerprint density at radius 3 is 2.31 bits per heavy atom. The molecule has 2 aromatic carbocycles. The molecule has 0 spiro atoms. The van der Waals surface area contributed by atoms with Gasteiger partial charge in [0.1, 0.15) is 5.54 Å². The number of sulfonamides is 1. The van der Waals surface area contributed by atoms with Crippen molar-refractivity contribution in [3.63, 3.8) is 0 Å². The van der Waals surface area contributed by atoms with Crippen LogP contribution in [0.25, 0.3) is 0 Å². The summed E-state index contributed by atoms with van der Waals surface area (Å²) in [5, 5.41) is 7.11. The third-order valence-electron chi connectivity index (χ3n) is 5.80. The number of aryl methyl sites for hydroxylation is 1. The van der Waals surface area contributed by atoms with Crippen LogP contribution in [0.2, 0.25) is 0 Å². The van der Waals surface area contributed by atoms with Crippen molar-refractivity contribution >= 4 is 21.6 Å². The third-order valence-corrected chi connectivity index (χ3v) is 7.72. The van der Waals surface area contributed by atoms with Gasteiger partial charge < -0.3 is 9.84 Å². The monoisotopic (exact) mass is 454 g/mol. The number of anilines is 1. The Kier molecular flexibility index (Phi) is 6.01. The Morgan fingerprint density at radius 1 is 1.09 bits per heavy atom. The highest BCUT2D eigenvalue weighted by atomic mass is 32.2. The average Bonchev–Trinajstić information content (AvgIpc) is 3.45. The molecule has 1 aromatic heterocycles. The minimum Gasteiger partial charge on any atom is -0.340 e. The first kappa shape index (κ1) is 22.0. The molecular formula is C23H26N4O4S. The molecule has 1 aliphatic carbocycles. The highest BCUT2D eigenvalue weighted by Gasteiger charge is 2.41. The number of aromatic nitrogens is 2. The standard InChI is InChI=1S/C23H26N4O4S/c1-3-27(19-9-5-4-6-10-19)32(29,30)20-13-11-18(12-14-20)21(28)25-23(15-7-8-16-23)22-24-17(2)31-26-22/h4-6,9-14H,3,7-8,15-16H2,1-2H3,(H,25,28). The quantitative estimate of drug-likeness (QED) is 0.582. The highest BCUT2D eigenvalue weighted by Crippen LogP contribution is 2.37. The second-order valence-corrected chi connectivity index (χ2v) is 9.77. The minimum atomic E-state index is -3.75. The van der Waals surface area contributed by atoms with Crippen molar-refractivity contribution in [3.8, 4) is 0 Å². The molecule has 3 aromatic rings. The van der Waals surface area contributed by atoms with Crippen LogP contribution in [0.3, 0.4) is 0 Å². The van der Waals surface area contributed by atoms with Gasteiger partial charge in [0.05, 0.1) is 10.6 Å². The summed E-state index contributed by atoms with van der Waals surface area (Å²) in [7, 11) is -3.75. The third kappa shape index (κ3) is 4.12. The normalized spacial score (nSPS) is 15.4. The van der Waals surface area contributed by atoms with Gasteiger partial charge in [-0.1, -0.05) is 36.2 Å². The van der Waals surface area contributed by atoms with Crippen LogP contribution in [0.5, 0.6) is 0 Å². The lowest BCUT2D eigenvalue weighted by molar-refractivity contribution is 0.0892. The molecular weight excluding hydrogens is 428 g/mol. The molecule has 1 fully saturated rings. The van der Waals surface area contributed by atoms with E-state index in [0.29, 0.717) is 29.5 Å². The summed E-state index contributed by atoms with van der Waals surface area (Å²) in [4.78, 5) is 17.5. The summed E-state index contributed by atoms with van der Waals surface area (Å²) in [6.07, 6.45) is 3.37. The maximum Gasteiger partial charge on any atom is 0.264 e. The van der Waals surface area contributed by atoms with Gasteiger partial charge in [0.25, 0.3) is 15.9 Å². The van der Waals surface area contributed by atoms with E-state index in [1.54, 1.807) is 38.1 Å². The largest absolute Gasteiger partial charge is 0.340 e. The number of amides is 1. The molecule has 1 N–H and O–H groups in total. The molecule has 1 saturated carbocycles. The smallest absolute Gasteiger partial charge is 0.264 e. The van der Waals surface area contributed by atoms with E-state index in [4.69, 9.17) is 4.52 Å². The van der Waals surface area contributed by atoms with Gasteiger partial charge in [0.2, 0.25) is 5.89 Å². The molecule has 8 nitrogen and oxygen atoms in total. The number of carbonyl (C=O) groups excluding carboxylic acids is 1. The zero-order valence-corrected chi connectivity index (χ0v) is 18.9. The maximum atomic E-state index is 13.2. The molecule has 1 aliphatic rings. The fourth-order valence-corrected chi connectivity index (χ4v) is 5.63. The highest BCUT2D eigenvalue weighted by molar-refractivity contribution is 7.92. The topological polar surface area (TPSA) is 105 Å². The Balaban J connectivity index is 1.56. The van der Waals surface area contributed by atoms with E-state index in [-0.39, 0.29) is 10.8 Å². The van der Waals surface area contributed by atoms with Gasteiger partial charge in [0, 0.05) is 19.0 Å². The zero-order valence-electron chi connectivity index (χ0n) is 18.1. The molecule has 32 heavy (non-hydrogen) atoms. The van der Waals surface area contributed by atoms with E-state index < -0.39 is 15.6 Å². The summed E-state index contributed by atoms with van der Waals surface area (Å²) in [6, 6.07) is 14.9. The lowest BCUT2D eigenvalue weighted by Crippen LogP contribution is -2.44. The second kappa shape index (κ2) is 8.74. The van der Waals surface area contributed by atoms with Crippen molar-refractivity contribution in [3.05, 3.63) is 71.9 Å². The fraction of sp³-hybridized carbons (Fsp3) is 0.348. The van der Waals surface area contributed by atoms with Gasteiger partial charge >= 0.3 is 0 Å². The number of hydrogen-bond donors (Lipinski definition) is 1. The molecule has 4 rings (SSSR count). The lowest BCUT2D eigenvalue weighted by atomic mass is 9.96. The van der Waals surface area contributed by atoms with Crippen LogP contribution < -0.4 is 9.62 Å². The molecule has 0 radical (unpaired) electrons. The Morgan fingerprint density at radius 2 is 1.75 bits per heavy atom. The van der Waals surface area contributed by atoms with Crippen molar-refractivity contribution in [1.82, 2.24) is 15.5 Å². The first-order chi connectivity index (χ1) is 15.4. The summed E-state index contributed by atoms with van der Waals surface area (Å²) in [5.74, 6) is 0.643. The van der Waals surface area contributed by atoms with Gasteiger partial charge in [-0.3, -0.25) is 9.10 Å². The van der Waals surface area contributed by atoms with Crippen LogP contribution in [0.4, 0.5) is 5.69 Å². The van der Waals surface area contributed by atoms with Gasteiger partial charge in [0.15, 0.2) is 5.82 Å². The van der Waals surface area contributed by atoms with Crippen molar-refractivity contribution in [2.75, 3.05) is 10.8 Å². The number of nitrogens with one attached hydrogen (secondary N) is 1. The van der Waals surface area contributed by atoms with E-state index in [2.05, 4.69) is 15.5 Å². The van der Waals surface area contributed by atoms with Gasteiger partial charge in [-0.15, -0.1) is 0 Å². The molecule has 0 saturated heterocycles. The van der Waals surface area contributed by atoms with Crippen LogP contribution in [0.1, 0.15) is 54.7 Å². The number of para-hydroxylation sites is 1. The van der Waals surface area contributed by atoms with E-state index in [9.17, 15) is 13.2 Å². The summed E-state index contributed by atoms with van der Waals surface area (Å²) in [6.45, 7) is 3.80. The average molecular weight is 455 g/mol. The van der Waals surface area contributed by atoms with E-state index in [1.807, 2.05) is 6.07 Å². The fourth-order valence-electron chi connectivity index (χ4n) is 4.16. The molecule has 1 amide bonds. The van der Waals surface area contributed by atoms with E-state index in [1.165, 1.54) is 28.6 Å². The van der Waals surface area contributed by atoms with Crippen molar-refractivity contribution in [2.45, 2.75) is 50.0 Å². The maximum absolute atomic E-state index is 13.2. The van der Waals surface area contributed by atoms with Crippen molar-refractivity contribution in [1.29, 1.82) is 0 Å². The first-order valence-electron chi connectivity index (χ1n) is 10.7. The summed E-state index contributed by atoms with van der Waals surface area (Å²) >= 11 is 0. The van der Waals surface area contributed by atoms with Crippen LogP contribution in [0.15, 0.2) is 64.0 Å². The van der Waals surface area contributed by atoms with Crippen LogP contribution in [0, 0.1) is 6.92 Å². The lowest BCUT2D eigenvalue weighted by Gasteiger charge is -2.27. The minimum absolute atomic E-state index is 0.129. The van der Waals surface area contributed by atoms with E-state index in [0.717, 1.165) is 25.7 Å². The number of hydrogen-bond acceptors (Lipinski definition) is 6. The zero-order chi connectivity index (χ0) is 22.8. The van der Waals surface area contributed by atoms with Crippen LogP contribution in [-0.2, 0) is 15.6 Å². The molecule has 0 bridgehead atoms. The molecule has 1 heterocycles. The summed E-state index contributed by atoms with van der Waals surface area (Å²) in [5.41, 5.74) is 0.305. The molecule has 0 unspecified atom stereocenters. The predicted octanol–water partition coefficient (Wildman–Crippen LogP) is 3.79. The van der Waals surface area contributed by atoms with Crippen LogP contribution in [-0.4, -0.2) is 31.0 Å². The predicted molar refractivity (Wildman–Crippen MR) is 120 cm³/mol. The van der Waals surface area contributed by atoms with Crippen LogP contribution >= 0.6 is 0 Å². The van der Waals surface area contributed by atoms with E-state index >= 15 is 0 Å². The second-order valence-electron chi connectivity index (χ2n) is 7.91. The van der Waals surface area contributed by atoms with Crippen molar-refractivity contribution < 1.29 is 17.7 Å². The van der Waals surface area contributed by atoms with Gasteiger partial charge in [-0.05, 0) is 56.2 Å². The SMILES string of the molecule is CCN(c1ccccc1)S(=O)(=O)c1ccc(C(=O)NC2(c3noc(C)n3)CCCC2)cc1.